The van der Waals surface area contributed by atoms with Crippen LogP contribution in [0, 0.1) is 0 Å². The molecule has 0 bridgehead atoms. The van der Waals surface area contributed by atoms with E-state index in [1.54, 1.807) is 12.1 Å². The van der Waals surface area contributed by atoms with Crippen LogP contribution in [-0.4, -0.2) is 54.6 Å². The molecule has 2 aliphatic rings. The molecule has 180 valence electrons. The molecule has 0 spiro atoms. The topological polar surface area (TPSA) is 50.8 Å². The second kappa shape index (κ2) is 10.3. The summed E-state index contributed by atoms with van der Waals surface area (Å²) in [6.07, 6.45) is 1.02. The average molecular weight is 457 g/mol. The van der Waals surface area contributed by atoms with Gasteiger partial charge in [-0.1, -0.05) is 18.2 Å². The summed E-state index contributed by atoms with van der Waals surface area (Å²) in [7, 11) is 0. The average Bonchev–Trinajstić information content (AvgIpc) is 2.71. The van der Waals surface area contributed by atoms with E-state index in [9.17, 15) is 18.0 Å². The molecule has 1 N–H and O–H groups in total. The fourth-order valence-corrected chi connectivity index (χ4v) is 4.74. The maximum atomic E-state index is 12.6. The molecule has 0 atom stereocenters. The van der Waals surface area contributed by atoms with Crippen molar-refractivity contribution < 1.29 is 27.4 Å². The minimum Gasteiger partial charge on any atom is -0.484 e. The van der Waals surface area contributed by atoms with Crippen molar-refractivity contribution in [3.05, 3.63) is 29.8 Å². The predicted molar refractivity (Wildman–Crippen MR) is 117 cm³/mol. The minimum absolute atomic E-state index is 0.149. The normalized spacial score (nSPS) is 23.6. The van der Waals surface area contributed by atoms with Gasteiger partial charge >= 0.3 is 12.3 Å². The van der Waals surface area contributed by atoms with Crippen molar-refractivity contribution in [2.45, 2.75) is 89.1 Å². The third-order valence-electron chi connectivity index (χ3n) is 6.21. The Morgan fingerprint density at radius 2 is 1.66 bits per heavy atom. The van der Waals surface area contributed by atoms with Crippen LogP contribution in [0.15, 0.2) is 24.3 Å². The van der Waals surface area contributed by atoms with Crippen LogP contribution in [0.3, 0.4) is 0 Å². The summed E-state index contributed by atoms with van der Waals surface area (Å²) in [5.41, 5.74) is 0.379. The molecule has 1 saturated heterocycles. The van der Waals surface area contributed by atoms with E-state index in [-0.39, 0.29) is 18.1 Å². The monoisotopic (exact) mass is 456 g/mol. The highest BCUT2D eigenvalue weighted by molar-refractivity contribution is 5.68. The molecule has 0 radical (unpaired) electrons. The Hall–Kier alpha value is -1.96. The summed E-state index contributed by atoms with van der Waals surface area (Å²) in [6.45, 7) is 6.15. The molecule has 3 rings (SSSR count). The summed E-state index contributed by atoms with van der Waals surface area (Å²) >= 11 is 0. The van der Waals surface area contributed by atoms with Crippen molar-refractivity contribution in [3.63, 3.8) is 0 Å². The van der Waals surface area contributed by atoms with E-state index in [0.29, 0.717) is 11.8 Å². The zero-order valence-corrected chi connectivity index (χ0v) is 19.2. The van der Waals surface area contributed by atoms with E-state index in [1.807, 2.05) is 32.9 Å². The molecule has 1 saturated carbocycles. The molecule has 0 aromatic heterocycles. The first-order valence-corrected chi connectivity index (χ1v) is 11.5. The fourth-order valence-electron chi connectivity index (χ4n) is 4.74. The van der Waals surface area contributed by atoms with Crippen LogP contribution in [0.2, 0.25) is 0 Å². The maximum Gasteiger partial charge on any atom is 0.422 e. The van der Waals surface area contributed by atoms with Gasteiger partial charge in [-0.25, -0.2) is 4.79 Å². The molecule has 32 heavy (non-hydrogen) atoms. The Balaban J connectivity index is 1.46. The van der Waals surface area contributed by atoms with Gasteiger partial charge in [-0.15, -0.1) is 0 Å². The number of hydrogen-bond acceptors (Lipinski definition) is 4. The van der Waals surface area contributed by atoms with Crippen molar-refractivity contribution in [2.24, 2.45) is 0 Å². The van der Waals surface area contributed by atoms with Gasteiger partial charge in [-0.05, 0) is 89.9 Å². The van der Waals surface area contributed by atoms with Gasteiger partial charge in [-0.2, -0.15) is 13.2 Å². The number of hydrogen-bond donors (Lipinski definition) is 1. The zero-order chi connectivity index (χ0) is 23.4. The number of rotatable bonds is 5. The molecule has 1 aliphatic carbocycles. The van der Waals surface area contributed by atoms with E-state index in [2.05, 4.69) is 10.2 Å². The van der Waals surface area contributed by atoms with Crippen molar-refractivity contribution in [1.29, 1.82) is 0 Å². The second-order valence-electron chi connectivity index (χ2n) is 9.90. The van der Waals surface area contributed by atoms with Crippen LogP contribution in [0.1, 0.15) is 70.8 Å². The first kappa shape index (κ1) is 24.7. The lowest BCUT2D eigenvalue weighted by atomic mass is 9.85. The quantitative estimate of drug-likeness (QED) is 0.623. The number of alkyl carbamates (subject to hydrolysis) is 1. The fraction of sp³-hybridized carbons (Fsp3) is 0.708. The second-order valence-corrected chi connectivity index (χ2v) is 9.90. The number of nitrogens with zero attached hydrogens (tertiary/aromatic N) is 1. The molecule has 8 heteroatoms. The molecule has 1 aromatic rings. The molecule has 1 amide bonds. The van der Waals surface area contributed by atoms with Crippen LogP contribution in [0.5, 0.6) is 5.75 Å². The van der Waals surface area contributed by atoms with E-state index in [0.717, 1.165) is 57.2 Å². The van der Waals surface area contributed by atoms with Crippen molar-refractivity contribution in [3.8, 4) is 5.75 Å². The van der Waals surface area contributed by atoms with Crippen LogP contribution >= 0.6 is 0 Å². The van der Waals surface area contributed by atoms with Gasteiger partial charge in [0.05, 0.1) is 0 Å². The molecule has 1 heterocycles. The van der Waals surface area contributed by atoms with Crippen molar-refractivity contribution in [2.75, 3.05) is 19.7 Å². The summed E-state index contributed by atoms with van der Waals surface area (Å²) in [6, 6.07) is 7.74. The molecule has 0 unspecified atom stereocenters. The van der Waals surface area contributed by atoms with Gasteiger partial charge in [0.15, 0.2) is 6.61 Å². The first-order chi connectivity index (χ1) is 15.0. The molecule has 1 aliphatic heterocycles. The maximum absolute atomic E-state index is 12.6. The van der Waals surface area contributed by atoms with E-state index in [1.165, 1.54) is 0 Å². The number of halogens is 3. The Morgan fingerprint density at radius 3 is 2.25 bits per heavy atom. The highest BCUT2D eigenvalue weighted by Gasteiger charge is 2.32. The lowest BCUT2D eigenvalue weighted by molar-refractivity contribution is -0.153. The number of piperidine rings is 1. The number of carbonyl (C=O) groups is 1. The van der Waals surface area contributed by atoms with E-state index in [4.69, 9.17) is 9.47 Å². The largest absolute Gasteiger partial charge is 0.484 e. The van der Waals surface area contributed by atoms with Gasteiger partial charge in [-0.3, -0.25) is 0 Å². The number of amides is 1. The predicted octanol–water partition coefficient (Wildman–Crippen LogP) is 5.64. The van der Waals surface area contributed by atoms with Crippen molar-refractivity contribution in [1.82, 2.24) is 10.2 Å². The van der Waals surface area contributed by atoms with Crippen LogP contribution in [-0.2, 0) is 4.74 Å². The lowest BCUT2D eigenvalue weighted by Gasteiger charge is -2.41. The Labute approximate surface area is 188 Å². The van der Waals surface area contributed by atoms with E-state index >= 15 is 0 Å². The summed E-state index contributed by atoms with van der Waals surface area (Å²) < 4.78 is 48.2. The number of benzene rings is 1. The van der Waals surface area contributed by atoms with Crippen LogP contribution in [0.25, 0.3) is 0 Å². The third kappa shape index (κ3) is 7.57. The SMILES string of the molecule is CC(C)(C)OC(=O)NC1CCC(N2CCC(c3ccccc3OCC(F)(F)F)CC2)CC1. The Kier molecular flexibility index (Phi) is 7.96. The number of carbonyl (C=O) groups excluding carboxylic acids is 1. The summed E-state index contributed by atoms with van der Waals surface area (Å²) in [5, 5.41) is 2.98. The van der Waals surface area contributed by atoms with Crippen LogP contribution < -0.4 is 10.1 Å². The van der Waals surface area contributed by atoms with Gasteiger partial charge in [0.1, 0.15) is 11.4 Å². The standard InChI is InChI=1S/C24H35F3N2O3/c1-23(2,3)32-22(30)28-18-8-10-19(11-9-18)29-14-12-17(13-15-29)20-6-4-5-7-21(20)31-16-24(25,26)27/h4-7,17-19H,8-16H2,1-3H3,(H,28,30). The molecule has 5 nitrogen and oxygen atoms in total. The summed E-state index contributed by atoms with van der Waals surface area (Å²) in [4.78, 5) is 14.5. The molecular weight excluding hydrogens is 421 g/mol. The van der Waals surface area contributed by atoms with Gasteiger partial charge < -0.3 is 19.7 Å². The smallest absolute Gasteiger partial charge is 0.422 e. The minimum atomic E-state index is -4.34. The number of ether oxygens (including phenoxy) is 2. The molecular formula is C24H35F3N2O3. The summed E-state index contributed by atoms with van der Waals surface area (Å²) in [5.74, 6) is 0.554. The Bertz CT molecular complexity index is 748. The molecule has 2 fully saturated rings. The van der Waals surface area contributed by atoms with Crippen molar-refractivity contribution >= 4 is 6.09 Å². The third-order valence-corrected chi connectivity index (χ3v) is 6.21. The molecule has 1 aromatic carbocycles. The van der Waals surface area contributed by atoms with Gasteiger partial charge in [0.25, 0.3) is 0 Å². The first-order valence-electron chi connectivity index (χ1n) is 11.5. The number of likely N-dealkylation sites (tertiary alicyclic amines) is 1. The van der Waals surface area contributed by atoms with Gasteiger partial charge in [0.2, 0.25) is 0 Å². The lowest BCUT2D eigenvalue weighted by Crippen LogP contribution is -2.47. The Morgan fingerprint density at radius 1 is 1.03 bits per heavy atom. The highest BCUT2D eigenvalue weighted by Crippen LogP contribution is 2.36. The van der Waals surface area contributed by atoms with Gasteiger partial charge in [0, 0.05) is 12.1 Å². The number of nitrogens with one attached hydrogen (secondary N) is 1. The zero-order valence-electron chi connectivity index (χ0n) is 19.2. The number of para-hydroxylation sites is 1. The van der Waals surface area contributed by atoms with Crippen LogP contribution in [0.4, 0.5) is 18.0 Å². The van der Waals surface area contributed by atoms with E-state index < -0.39 is 18.4 Å². The number of alkyl halides is 3. The highest BCUT2D eigenvalue weighted by atomic mass is 19.4.